The zero-order chi connectivity index (χ0) is 19.3. The number of benzene rings is 1. The fourth-order valence-corrected chi connectivity index (χ4v) is 5.42. The molecule has 0 aliphatic carbocycles. The van der Waals surface area contributed by atoms with Gasteiger partial charge in [0, 0.05) is 31.7 Å². The van der Waals surface area contributed by atoms with Gasteiger partial charge in [-0.1, -0.05) is 13.3 Å². The van der Waals surface area contributed by atoms with E-state index in [0.717, 1.165) is 19.4 Å². The first kappa shape index (κ1) is 20.3. The van der Waals surface area contributed by atoms with Crippen LogP contribution in [0.5, 0.6) is 0 Å². The molecule has 27 heavy (non-hydrogen) atoms. The first-order chi connectivity index (χ1) is 13.0. The molecule has 2 aliphatic rings. The van der Waals surface area contributed by atoms with Crippen molar-refractivity contribution in [2.75, 3.05) is 38.0 Å². The number of nitrogens with zero attached hydrogens (tertiary/aromatic N) is 2. The molecule has 1 aromatic carbocycles. The second-order valence-electron chi connectivity index (χ2n) is 7.63. The third-order valence-corrected chi connectivity index (χ3v) is 7.55. The molecule has 0 spiro atoms. The summed E-state index contributed by atoms with van der Waals surface area (Å²) >= 11 is 0. The summed E-state index contributed by atoms with van der Waals surface area (Å²) in [6.45, 7) is 6.46. The standard InChI is InChI=1S/C20H31N3O3S/c1-2-20(24)21-18-6-8-19(9-7-18)27(25,26)23-14-10-17(11-15-23)16-22-12-4-3-5-13-22/h6-9,17H,2-5,10-16H2,1H3,(H,21,24). The lowest BCUT2D eigenvalue weighted by Gasteiger charge is -2.35. The number of sulfonamides is 1. The van der Waals surface area contributed by atoms with Gasteiger partial charge < -0.3 is 10.2 Å². The van der Waals surface area contributed by atoms with Gasteiger partial charge >= 0.3 is 0 Å². The topological polar surface area (TPSA) is 69.7 Å². The molecule has 0 unspecified atom stereocenters. The lowest BCUT2D eigenvalue weighted by atomic mass is 9.96. The molecular weight excluding hydrogens is 362 g/mol. The molecule has 1 amide bonds. The highest BCUT2D eigenvalue weighted by molar-refractivity contribution is 7.89. The Labute approximate surface area is 163 Å². The average Bonchev–Trinajstić information content (AvgIpc) is 2.69. The molecule has 2 fully saturated rings. The first-order valence-corrected chi connectivity index (χ1v) is 11.6. The van der Waals surface area contributed by atoms with Crippen molar-refractivity contribution in [3.8, 4) is 0 Å². The van der Waals surface area contributed by atoms with Gasteiger partial charge in [0.15, 0.2) is 0 Å². The van der Waals surface area contributed by atoms with Crippen molar-refractivity contribution >= 4 is 21.6 Å². The van der Waals surface area contributed by atoms with Gasteiger partial charge in [0.2, 0.25) is 15.9 Å². The highest BCUT2D eigenvalue weighted by Crippen LogP contribution is 2.26. The second-order valence-corrected chi connectivity index (χ2v) is 9.57. The Balaban J connectivity index is 1.55. The van der Waals surface area contributed by atoms with E-state index in [1.165, 1.54) is 32.4 Å². The SMILES string of the molecule is CCC(=O)Nc1ccc(S(=O)(=O)N2CCC(CN3CCCCC3)CC2)cc1. The van der Waals surface area contributed by atoms with Crippen LogP contribution in [-0.2, 0) is 14.8 Å². The highest BCUT2D eigenvalue weighted by Gasteiger charge is 2.30. The van der Waals surface area contributed by atoms with E-state index in [1.807, 2.05) is 0 Å². The second kappa shape index (κ2) is 9.17. The van der Waals surface area contributed by atoms with Crippen LogP contribution in [0.15, 0.2) is 29.2 Å². The van der Waals surface area contributed by atoms with E-state index in [1.54, 1.807) is 35.5 Å². The Morgan fingerprint density at radius 1 is 1.04 bits per heavy atom. The van der Waals surface area contributed by atoms with Gasteiger partial charge in [-0.25, -0.2) is 8.42 Å². The number of hydrogen-bond acceptors (Lipinski definition) is 4. The number of hydrogen-bond donors (Lipinski definition) is 1. The number of nitrogens with one attached hydrogen (secondary N) is 1. The molecule has 0 bridgehead atoms. The average molecular weight is 394 g/mol. The van der Waals surface area contributed by atoms with Gasteiger partial charge in [-0.15, -0.1) is 0 Å². The van der Waals surface area contributed by atoms with Gasteiger partial charge in [0.25, 0.3) is 0 Å². The fraction of sp³-hybridized carbons (Fsp3) is 0.650. The van der Waals surface area contributed by atoms with Crippen LogP contribution in [0.25, 0.3) is 0 Å². The molecular formula is C20H31N3O3S. The molecule has 1 aromatic rings. The third kappa shape index (κ3) is 5.30. The number of likely N-dealkylation sites (tertiary alicyclic amines) is 1. The van der Waals surface area contributed by atoms with E-state index < -0.39 is 10.0 Å². The van der Waals surface area contributed by atoms with Crippen molar-refractivity contribution in [1.29, 1.82) is 0 Å². The number of anilines is 1. The summed E-state index contributed by atoms with van der Waals surface area (Å²) in [5, 5.41) is 2.74. The minimum Gasteiger partial charge on any atom is -0.326 e. The molecule has 1 N–H and O–H groups in total. The molecule has 2 heterocycles. The van der Waals surface area contributed by atoms with Gasteiger partial charge in [0.1, 0.15) is 0 Å². The molecule has 0 atom stereocenters. The molecule has 0 aromatic heterocycles. The van der Waals surface area contributed by atoms with Crippen molar-refractivity contribution in [3.05, 3.63) is 24.3 Å². The van der Waals surface area contributed by atoms with Crippen LogP contribution < -0.4 is 5.32 Å². The van der Waals surface area contributed by atoms with Gasteiger partial charge in [0.05, 0.1) is 4.90 Å². The fourth-order valence-electron chi connectivity index (χ4n) is 3.95. The maximum atomic E-state index is 12.9. The molecule has 3 rings (SSSR count). The minimum absolute atomic E-state index is 0.0821. The Kier molecular flexibility index (Phi) is 6.89. The van der Waals surface area contributed by atoms with Crippen molar-refractivity contribution in [2.24, 2.45) is 5.92 Å². The smallest absolute Gasteiger partial charge is 0.243 e. The largest absolute Gasteiger partial charge is 0.326 e. The van der Waals surface area contributed by atoms with Crippen LogP contribution in [0.4, 0.5) is 5.69 Å². The summed E-state index contributed by atoms with van der Waals surface area (Å²) in [5.41, 5.74) is 0.626. The van der Waals surface area contributed by atoms with E-state index in [9.17, 15) is 13.2 Å². The van der Waals surface area contributed by atoms with Crippen LogP contribution in [-0.4, -0.2) is 56.3 Å². The predicted octanol–water partition coefficient (Wildman–Crippen LogP) is 2.92. The zero-order valence-corrected chi connectivity index (χ0v) is 17.0. The van der Waals surface area contributed by atoms with E-state index in [0.29, 0.717) is 36.0 Å². The van der Waals surface area contributed by atoms with Crippen LogP contribution in [0.1, 0.15) is 45.4 Å². The number of piperidine rings is 2. The van der Waals surface area contributed by atoms with Crippen LogP contribution in [0.3, 0.4) is 0 Å². The summed E-state index contributed by atoms with van der Waals surface area (Å²) in [5.74, 6) is 0.516. The lowest BCUT2D eigenvalue weighted by Crippen LogP contribution is -2.42. The summed E-state index contributed by atoms with van der Waals surface area (Å²) in [6, 6.07) is 6.48. The minimum atomic E-state index is -3.46. The summed E-state index contributed by atoms with van der Waals surface area (Å²) < 4.78 is 27.4. The molecule has 2 saturated heterocycles. The molecule has 7 heteroatoms. The van der Waals surface area contributed by atoms with Gasteiger partial charge in [-0.3, -0.25) is 4.79 Å². The highest BCUT2D eigenvalue weighted by atomic mass is 32.2. The number of carbonyl (C=O) groups excluding carboxylic acids is 1. The summed E-state index contributed by atoms with van der Waals surface area (Å²) in [6.07, 6.45) is 6.19. The molecule has 2 aliphatic heterocycles. The van der Waals surface area contributed by atoms with Crippen molar-refractivity contribution < 1.29 is 13.2 Å². The predicted molar refractivity (Wildman–Crippen MR) is 107 cm³/mol. The number of rotatable bonds is 6. The quantitative estimate of drug-likeness (QED) is 0.807. The van der Waals surface area contributed by atoms with Crippen LogP contribution in [0, 0.1) is 5.92 Å². The Hall–Kier alpha value is -1.44. The lowest BCUT2D eigenvalue weighted by molar-refractivity contribution is -0.115. The Morgan fingerprint density at radius 3 is 2.26 bits per heavy atom. The molecule has 0 radical (unpaired) electrons. The summed E-state index contributed by atoms with van der Waals surface area (Å²) in [4.78, 5) is 14.3. The number of carbonyl (C=O) groups is 1. The van der Waals surface area contributed by atoms with E-state index in [4.69, 9.17) is 0 Å². The van der Waals surface area contributed by atoms with E-state index in [-0.39, 0.29) is 5.91 Å². The van der Waals surface area contributed by atoms with Gasteiger partial charge in [-0.05, 0) is 69.0 Å². The third-order valence-electron chi connectivity index (χ3n) is 5.64. The van der Waals surface area contributed by atoms with E-state index >= 15 is 0 Å². The monoisotopic (exact) mass is 393 g/mol. The Morgan fingerprint density at radius 2 is 1.67 bits per heavy atom. The number of amides is 1. The van der Waals surface area contributed by atoms with Crippen LogP contribution >= 0.6 is 0 Å². The molecule has 0 saturated carbocycles. The molecule has 150 valence electrons. The van der Waals surface area contributed by atoms with Crippen molar-refractivity contribution in [2.45, 2.75) is 50.3 Å². The van der Waals surface area contributed by atoms with Crippen molar-refractivity contribution in [3.63, 3.8) is 0 Å². The normalized spacial score (nSPS) is 20.5. The molecule has 6 nitrogen and oxygen atoms in total. The van der Waals surface area contributed by atoms with Gasteiger partial charge in [-0.2, -0.15) is 4.31 Å². The Bertz CT molecular complexity index is 719. The first-order valence-electron chi connectivity index (χ1n) is 10.1. The maximum Gasteiger partial charge on any atom is 0.243 e. The summed E-state index contributed by atoms with van der Waals surface area (Å²) in [7, 11) is -3.46. The van der Waals surface area contributed by atoms with Crippen molar-refractivity contribution in [1.82, 2.24) is 9.21 Å². The van der Waals surface area contributed by atoms with E-state index in [2.05, 4.69) is 10.2 Å². The zero-order valence-electron chi connectivity index (χ0n) is 16.2. The maximum absolute atomic E-state index is 12.9. The van der Waals surface area contributed by atoms with Crippen LogP contribution in [0.2, 0.25) is 0 Å².